The van der Waals surface area contributed by atoms with E-state index in [2.05, 4.69) is 0 Å². The minimum Gasteiger partial charge on any atom is -0.494 e. The molecule has 0 aromatic heterocycles. The third-order valence-corrected chi connectivity index (χ3v) is 5.45. The number of rotatable bonds is 7. The van der Waals surface area contributed by atoms with Crippen LogP contribution in [0.15, 0.2) is 84.6 Å². The molecule has 1 aliphatic heterocycles. The molecule has 5 nitrogen and oxygen atoms in total. The largest absolute Gasteiger partial charge is 0.494 e. The molecule has 3 aromatic carbocycles. The van der Waals surface area contributed by atoms with E-state index in [1.807, 2.05) is 87.6 Å². The molecule has 3 aromatic rings. The molecule has 1 heterocycles. The van der Waals surface area contributed by atoms with E-state index in [1.54, 1.807) is 17.0 Å². The van der Waals surface area contributed by atoms with E-state index in [9.17, 15) is 9.59 Å². The minimum absolute atomic E-state index is 0.334. The van der Waals surface area contributed by atoms with Crippen LogP contribution in [0.3, 0.4) is 0 Å². The number of nitrogens with zero attached hydrogens (tertiary/aromatic N) is 2. The summed E-state index contributed by atoms with van der Waals surface area (Å²) in [5.41, 5.74) is 3.86. The van der Waals surface area contributed by atoms with Crippen molar-refractivity contribution in [2.75, 3.05) is 23.5 Å². The average Bonchev–Trinajstić information content (AvgIpc) is 3.08. The van der Waals surface area contributed by atoms with Crippen LogP contribution in [-0.4, -0.2) is 25.5 Å². The Bertz CT molecular complexity index is 1150. The number of likely N-dealkylation sites (N-methyl/N-ethyl adjacent to an activating group) is 1. The second-order valence-corrected chi connectivity index (χ2v) is 7.77. The summed E-state index contributed by atoms with van der Waals surface area (Å²) in [6, 6.07) is 24.3. The zero-order valence-corrected chi connectivity index (χ0v) is 18.5. The van der Waals surface area contributed by atoms with Gasteiger partial charge in [0.15, 0.2) is 0 Å². The van der Waals surface area contributed by atoms with E-state index < -0.39 is 0 Å². The number of carbonyl (C=O) groups is 2. The van der Waals surface area contributed by atoms with Gasteiger partial charge in [0.25, 0.3) is 11.8 Å². The van der Waals surface area contributed by atoms with Crippen molar-refractivity contribution in [2.24, 2.45) is 0 Å². The number of aryl methyl sites for hydroxylation is 1. The second kappa shape index (κ2) is 9.10. The van der Waals surface area contributed by atoms with Crippen LogP contribution < -0.4 is 14.5 Å². The first-order valence-electron chi connectivity index (χ1n) is 10.7. The van der Waals surface area contributed by atoms with E-state index >= 15 is 0 Å². The molecule has 1 aliphatic rings. The van der Waals surface area contributed by atoms with Crippen LogP contribution >= 0.6 is 0 Å². The van der Waals surface area contributed by atoms with Crippen LogP contribution in [0.5, 0.6) is 5.75 Å². The number of hydrogen-bond donors (Lipinski definition) is 0. The summed E-state index contributed by atoms with van der Waals surface area (Å²) < 4.78 is 5.68. The summed E-state index contributed by atoms with van der Waals surface area (Å²) in [6.45, 7) is 4.65. The summed E-state index contributed by atoms with van der Waals surface area (Å²) in [4.78, 5) is 30.2. The van der Waals surface area contributed by atoms with Crippen molar-refractivity contribution in [1.29, 1.82) is 0 Å². The highest BCUT2D eigenvalue weighted by Crippen LogP contribution is 2.36. The van der Waals surface area contributed by atoms with E-state index in [4.69, 9.17) is 4.74 Å². The third kappa shape index (κ3) is 4.02. The van der Waals surface area contributed by atoms with Crippen LogP contribution in [0.4, 0.5) is 11.4 Å². The first-order valence-corrected chi connectivity index (χ1v) is 10.7. The summed E-state index contributed by atoms with van der Waals surface area (Å²) in [7, 11) is 1.81. The molecule has 5 heteroatoms. The Morgan fingerprint density at radius 1 is 0.844 bits per heavy atom. The number of hydrogen-bond acceptors (Lipinski definition) is 4. The average molecular weight is 427 g/mol. The lowest BCUT2D eigenvalue weighted by Crippen LogP contribution is -2.34. The topological polar surface area (TPSA) is 49.9 Å². The highest BCUT2D eigenvalue weighted by Gasteiger charge is 2.42. The van der Waals surface area contributed by atoms with Crippen molar-refractivity contribution in [3.8, 4) is 5.75 Å². The molecule has 0 radical (unpaired) electrons. The Morgan fingerprint density at radius 2 is 1.50 bits per heavy atom. The van der Waals surface area contributed by atoms with Gasteiger partial charge in [-0.1, -0.05) is 55.0 Å². The Hall–Kier alpha value is -3.86. The maximum Gasteiger partial charge on any atom is 0.282 e. The normalized spacial score (nSPS) is 13.7. The zero-order valence-electron chi connectivity index (χ0n) is 18.5. The second-order valence-electron chi connectivity index (χ2n) is 7.77. The fraction of sp³-hybridized carbons (Fsp3) is 0.185. The molecule has 32 heavy (non-hydrogen) atoms. The molecule has 0 spiro atoms. The van der Waals surface area contributed by atoms with Gasteiger partial charge < -0.3 is 9.64 Å². The molecular formula is C27H26N2O3. The van der Waals surface area contributed by atoms with Crippen molar-refractivity contribution in [3.05, 3.63) is 95.7 Å². The fourth-order valence-corrected chi connectivity index (χ4v) is 3.74. The molecule has 2 amide bonds. The van der Waals surface area contributed by atoms with Gasteiger partial charge in [-0.05, 0) is 55.3 Å². The number of para-hydroxylation sites is 1. The molecule has 4 rings (SSSR count). The molecule has 0 N–H and O–H groups in total. The smallest absolute Gasteiger partial charge is 0.282 e. The maximum atomic E-state index is 13.6. The highest BCUT2D eigenvalue weighted by atomic mass is 16.5. The molecule has 0 fully saturated rings. The van der Waals surface area contributed by atoms with Crippen LogP contribution in [-0.2, 0) is 9.59 Å². The van der Waals surface area contributed by atoms with Crippen LogP contribution in [0.1, 0.15) is 24.5 Å². The number of amides is 2. The molecule has 0 saturated heterocycles. The van der Waals surface area contributed by atoms with Crippen LogP contribution in [0, 0.1) is 6.92 Å². The standard InChI is InChI=1S/C27H26N2O3/c1-4-18-32-23-16-12-20(13-17-23)24-25(28(3)21-8-6-5-7-9-21)27(31)29(26(24)30)22-14-10-19(2)11-15-22/h5-17H,4,18H2,1-3H3. The number of benzene rings is 3. The summed E-state index contributed by atoms with van der Waals surface area (Å²) in [5.74, 6) is 0.0618. The van der Waals surface area contributed by atoms with Gasteiger partial charge in [-0.15, -0.1) is 0 Å². The van der Waals surface area contributed by atoms with Gasteiger partial charge in [0.05, 0.1) is 17.9 Å². The van der Waals surface area contributed by atoms with E-state index in [1.165, 1.54) is 4.90 Å². The number of ether oxygens (including phenoxy) is 1. The summed E-state index contributed by atoms with van der Waals surface area (Å²) >= 11 is 0. The van der Waals surface area contributed by atoms with Gasteiger partial charge in [-0.2, -0.15) is 0 Å². The van der Waals surface area contributed by atoms with Gasteiger partial charge in [0.2, 0.25) is 0 Å². The fourth-order valence-electron chi connectivity index (χ4n) is 3.74. The van der Waals surface area contributed by atoms with Gasteiger partial charge in [0, 0.05) is 12.7 Å². The van der Waals surface area contributed by atoms with Crippen molar-refractivity contribution in [3.63, 3.8) is 0 Å². The first kappa shape index (κ1) is 21.4. The monoisotopic (exact) mass is 426 g/mol. The lowest BCUT2D eigenvalue weighted by atomic mass is 10.0. The minimum atomic E-state index is -0.341. The Labute approximate surface area is 188 Å². The number of anilines is 2. The van der Waals surface area contributed by atoms with Gasteiger partial charge >= 0.3 is 0 Å². The molecule has 0 bridgehead atoms. The Kier molecular flexibility index (Phi) is 6.08. The molecule has 0 saturated carbocycles. The first-order chi connectivity index (χ1) is 15.5. The SMILES string of the molecule is CCCOc1ccc(C2=C(N(C)c3ccccc3)C(=O)N(c3ccc(C)cc3)C2=O)cc1. The van der Waals surface area contributed by atoms with Crippen molar-refractivity contribution in [2.45, 2.75) is 20.3 Å². The number of imide groups is 1. The Morgan fingerprint density at radius 3 is 2.12 bits per heavy atom. The maximum absolute atomic E-state index is 13.6. The Balaban J connectivity index is 1.80. The molecule has 0 unspecified atom stereocenters. The number of carbonyl (C=O) groups excluding carboxylic acids is 2. The van der Waals surface area contributed by atoms with Gasteiger partial charge in [0.1, 0.15) is 11.4 Å². The molecular weight excluding hydrogens is 400 g/mol. The summed E-state index contributed by atoms with van der Waals surface area (Å²) in [5, 5.41) is 0. The molecule has 162 valence electrons. The predicted octanol–water partition coefficient (Wildman–Crippen LogP) is 5.20. The zero-order chi connectivity index (χ0) is 22.7. The highest BCUT2D eigenvalue weighted by molar-refractivity contribution is 6.46. The third-order valence-electron chi connectivity index (χ3n) is 5.45. The van der Waals surface area contributed by atoms with Gasteiger partial charge in [-0.3, -0.25) is 9.59 Å². The van der Waals surface area contributed by atoms with E-state index in [-0.39, 0.29) is 11.8 Å². The van der Waals surface area contributed by atoms with Crippen molar-refractivity contribution in [1.82, 2.24) is 0 Å². The lowest BCUT2D eigenvalue weighted by Gasteiger charge is -2.21. The van der Waals surface area contributed by atoms with Crippen LogP contribution in [0.2, 0.25) is 0 Å². The molecule has 0 aliphatic carbocycles. The summed E-state index contributed by atoms with van der Waals surface area (Å²) in [6.07, 6.45) is 0.914. The quantitative estimate of drug-likeness (QED) is 0.487. The van der Waals surface area contributed by atoms with E-state index in [0.717, 1.165) is 23.4 Å². The van der Waals surface area contributed by atoms with Crippen molar-refractivity contribution < 1.29 is 14.3 Å². The van der Waals surface area contributed by atoms with E-state index in [0.29, 0.717) is 29.1 Å². The lowest BCUT2D eigenvalue weighted by molar-refractivity contribution is -0.120. The van der Waals surface area contributed by atoms with Gasteiger partial charge in [-0.25, -0.2) is 4.90 Å². The molecule has 0 atom stereocenters. The van der Waals surface area contributed by atoms with Crippen LogP contribution in [0.25, 0.3) is 5.57 Å². The predicted molar refractivity (Wildman–Crippen MR) is 128 cm³/mol. The van der Waals surface area contributed by atoms with Crippen molar-refractivity contribution >= 4 is 28.8 Å².